The Hall–Kier alpha value is -2.04. The van der Waals surface area contributed by atoms with Gasteiger partial charge in [-0.1, -0.05) is 59.1 Å². The Bertz CT molecular complexity index is 786. The van der Waals surface area contributed by atoms with Crippen LogP contribution < -0.4 is 5.32 Å². The van der Waals surface area contributed by atoms with Crippen molar-refractivity contribution in [3.8, 4) is 0 Å². The summed E-state index contributed by atoms with van der Waals surface area (Å²) in [5.74, 6) is -0.369. The van der Waals surface area contributed by atoms with Crippen molar-refractivity contribution in [2.45, 2.75) is 39.8 Å². The number of nitrogens with one attached hydrogen (secondary N) is 1. The summed E-state index contributed by atoms with van der Waals surface area (Å²) in [6, 6.07) is 12.3. The second-order valence-corrected chi connectivity index (χ2v) is 7.27. The maximum absolute atomic E-state index is 13.0. The molecule has 2 aromatic carbocycles. The minimum atomic E-state index is -0.643. The molecule has 0 heterocycles. The Morgan fingerprint density at radius 1 is 1.07 bits per heavy atom. The van der Waals surface area contributed by atoms with Gasteiger partial charge in [0.2, 0.25) is 11.8 Å². The SMILES string of the molecule is CCNC(=O)C(C)N(Cc1c(Cl)cccc1Cl)C(=O)Cc1ccc(C)cc1. The molecule has 2 rings (SSSR count). The van der Waals surface area contributed by atoms with Gasteiger partial charge in [-0.15, -0.1) is 0 Å². The lowest BCUT2D eigenvalue weighted by atomic mass is 10.1. The van der Waals surface area contributed by atoms with Crippen LogP contribution in [0.25, 0.3) is 0 Å². The van der Waals surface area contributed by atoms with Gasteiger partial charge in [0.15, 0.2) is 0 Å². The summed E-state index contributed by atoms with van der Waals surface area (Å²) < 4.78 is 0. The normalized spacial score (nSPS) is 11.7. The van der Waals surface area contributed by atoms with Crippen LogP contribution in [0.1, 0.15) is 30.5 Å². The summed E-state index contributed by atoms with van der Waals surface area (Å²) in [4.78, 5) is 26.9. The van der Waals surface area contributed by atoms with Crippen LogP contribution in [0.2, 0.25) is 10.0 Å². The van der Waals surface area contributed by atoms with E-state index < -0.39 is 6.04 Å². The molecule has 0 saturated heterocycles. The molecule has 0 fully saturated rings. The number of carbonyl (C=O) groups excluding carboxylic acids is 2. The summed E-state index contributed by atoms with van der Waals surface area (Å²) in [7, 11) is 0. The topological polar surface area (TPSA) is 49.4 Å². The van der Waals surface area contributed by atoms with Crippen molar-refractivity contribution in [2.75, 3.05) is 6.54 Å². The molecule has 0 aliphatic rings. The molecular weight excluding hydrogens is 383 g/mol. The number of hydrogen-bond donors (Lipinski definition) is 1. The Kier molecular flexibility index (Phi) is 7.69. The van der Waals surface area contributed by atoms with E-state index in [1.165, 1.54) is 4.90 Å². The predicted molar refractivity (Wildman–Crippen MR) is 110 cm³/mol. The summed E-state index contributed by atoms with van der Waals surface area (Å²) >= 11 is 12.6. The quantitative estimate of drug-likeness (QED) is 0.740. The number of carbonyl (C=O) groups is 2. The monoisotopic (exact) mass is 406 g/mol. The van der Waals surface area contributed by atoms with Gasteiger partial charge in [-0.05, 0) is 38.5 Å². The van der Waals surface area contributed by atoms with E-state index in [-0.39, 0.29) is 24.8 Å². The lowest BCUT2D eigenvalue weighted by Gasteiger charge is -2.29. The third-order valence-electron chi connectivity index (χ3n) is 4.38. The molecule has 27 heavy (non-hydrogen) atoms. The molecule has 2 aromatic rings. The van der Waals surface area contributed by atoms with Crippen LogP contribution in [-0.4, -0.2) is 29.3 Å². The second kappa shape index (κ2) is 9.77. The van der Waals surface area contributed by atoms with Crippen LogP contribution in [0.5, 0.6) is 0 Å². The zero-order chi connectivity index (χ0) is 20.0. The minimum absolute atomic E-state index is 0.159. The van der Waals surface area contributed by atoms with E-state index in [0.29, 0.717) is 22.2 Å². The van der Waals surface area contributed by atoms with Gasteiger partial charge in [-0.2, -0.15) is 0 Å². The largest absolute Gasteiger partial charge is 0.355 e. The summed E-state index contributed by atoms with van der Waals surface area (Å²) in [5, 5.41) is 3.71. The zero-order valence-electron chi connectivity index (χ0n) is 15.8. The van der Waals surface area contributed by atoms with Gasteiger partial charge in [-0.3, -0.25) is 9.59 Å². The Labute approximate surface area is 170 Å². The van der Waals surface area contributed by atoms with Gasteiger partial charge >= 0.3 is 0 Å². The molecule has 144 valence electrons. The predicted octanol–water partition coefficient (Wildman–Crippen LogP) is 4.40. The van der Waals surface area contributed by atoms with E-state index in [9.17, 15) is 9.59 Å². The van der Waals surface area contributed by atoms with Crippen molar-refractivity contribution < 1.29 is 9.59 Å². The first-order valence-electron chi connectivity index (χ1n) is 8.89. The number of nitrogens with zero attached hydrogens (tertiary/aromatic N) is 1. The molecule has 4 nitrogen and oxygen atoms in total. The molecule has 6 heteroatoms. The van der Waals surface area contributed by atoms with Crippen molar-refractivity contribution in [2.24, 2.45) is 0 Å². The molecule has 0 bridgehead atoms. The Balaban J connectivity index is 2.29. The highest BCUT2D eigenvalue weighted by molar-refractivity contribution is 6.36. The smallest absolute Gasteiger partial charge is 0.242 e. The zero-order valence-corrected chi connectivity index (χ0v) is 17.3. The number of hydrogen-bond acceptors (Lipinski definition) is 2. The van der Waals surface area contributed by atoms with Crippen LogP contribution in [0.15, 0.2) is 42.5 Å². The van der Waals surface area contributed by atoms with Gasteiger partial charge in [0.05, 0.1) is 6.42 Å². The number of rotatable bonds is 7. The van der Waals surface area contributed by atoms with E-state index in [1.54, 1.807) is 25.1 Å². The average Bonchev–Trinajstić information content (AvgIpc) is 2.63. The van der Waals surface area contributed by atoms with Gasteiger partial charge < -0.3 is 10.2 Å². The molecule has 0 aliphatic carbocycles. The highest BCUT2D eigenvalue weighted by Crippen LogP contribution is 2.26. The molecule has 0 radical (unpaired) electrons. The average molecular weight is 407 g/mol. The fraction of sp³-hybridized carbons (Fsp3) is 0.333. The van der Waals surface area contributed by atoms with Crippen molar-refractivity contribution in [3.05, 3.63) is 69.2 Å². The summed E-state index contributed by atoms with van der Waals surface area (Å²) in [6.07, 6.45) is 0.200. The molecule has 1 atom stereocenters. The highest BCUT2D eigenvalue weighted by atomic mass is 35.5. The number of benzene rings is 2. The lowest BCUT2D eigenvalue weighted by Crippen LogP contribution is -2.48. The molecule has 0 aliphatic heterocycles. The van der Waals surface area contributed by atoms with E-state index in [4.69, 9.17) is 23.2 Å². The van der Waals surface area contributed by atoms with Crippen LogP contribution in [0.4, 0.5) is 0 Å². The Morgan fingerprint density at radius 2 is 1.67 bits per heavy atom. The summed E-state index contributed by atoms with van der Waals surface area (Å²) in [5.41, 5.74) is 2.65. The minimum Gasteiger partial charge on any atom is -0.355 e. The molecule has 2 amide bonds. The first-order valence-corrected chi connectivity index (χ1v) is 9.64. The lowest BCUT2D eigenvalue weighted by molar-refractivity contribution is -0.140. The van der Waals surface area contributed by atoms with Gasteiger partial charge in [-0.25, -0.2) is 0 Å². The van der Waals surface area contributed by atoms with E-state index in [0.717, 1.165) is 11.1 Å². The second-order valence-electron chi connectivity index (χ2n) is 6.45. The van der Waals surface area contributed by atoms with Crippen LogP contribution in [-0.2, 0) is 22.6 Å². The first kappa shape index (κ1) is 21.3. The van der Waals surface area contributed by atoms with Gasteiger partial charge in [0, 0.05) is 28.7 Å². The number of amides is 2. The highest BCUT2D eigenvalue weighted by Gasteiger charge is 2.27. The van der Waals surface area contributed by atoms with Gasteiger partial charge in [0.1, 0.15) is 6.04 Å². The molecule has 0 aromatic heterocycles. The third-order valence-corrected chi connectivity index (χ3v) is 5.09. The third kappa shape index (κ3) is 5.72. The van der Waals surface area contributed by atoms with Crippen LogP contribution in [0, 0.1) is 6.92 Å². The first-order chi connectivity index (χ1) is 12.8. The molecule has 0 saturated carbocycles. The molecule has 1 N–H and O–H groups in total. The van der Waals surface area contributed by atoms with Crippen molar-refractivity contribution in [1.82, 2.24) is 10.2 Å². The number of likely N-dealkylation sites (N-methyl/N-ethyl adjacent to an activating group) is 1. The van der Waals surface area contributed by atoms with Crippen molar-refractivity contribution >= 4 is 35.0 Å². The molecular formula is C21H24Cl2N2O2. The van der Waals surface area contributed by atoms with Crippen molar-refractivity contribution in [1.29, 1.82) is 0 Å². The van der Waals surface area contributed by atoms with E-state index >= 15 is 0 Å². The molecule has 0 spiro atoms. The molecule has 1 unspecified atom stereocenters. The van der Waals surface area contributed by atoms with Crippen LogP contribution >= 0.6 is 23.2 Å². The number of aryl methyl sites for hydroxylation is 1. The van der Waals surface area contributed by atoms with E-state index in [1.807, 2.05) is 38.1 Å². The maximum Gasteiger partial charge on any atom is 0.242 e. The summed E-state index contributed by atoms with van der Waals surface area (Å²) in [6.45, 7) is 6.21. The van der Waals surface area contributed by atoms with Gasteiger partial charge in [0.25, 0.3) is 0 Å². The Morgan fingerprint density at radius 3 is 2.22 bits per heavy atom. The maximum atomic E-state index is 13.0. The standard InChI is InChI=1S/C21H24Cl2N2O2/c1-4-24-21(27)15(3)25(13-17-18(22)6-5-7-19(17)23)20(26)12-16-10-8-14(2)9-11-16/h5-11,15H,4,12-13H2,1-3H3,(H,24,27). The van der Waals surface area contributed by atoms with Crippen molar-refractivity contribution in [3.63, 3.8) is 0 Å². The number of halogens is 2. The fourth-order valence-electron chi connectivity index (χ4n) is 2.74. The van der Waals surface area contributed by atoms with Crippen LogP contribution in [0.3, 0.4) is 0 Å². The fourth-order valence-corrected chi connectivity index (χ4v) is 3.26. The van der Waals surface area contributed by atoms with E-state index in [2.05, 4.69) is 5.32 Å².